The highest BCUT2D eigenvalue weighted by Gasteiger charge is 2.31. The van der Waals surface area contributed by atoms with Gasteiger partial charge in [0.15, 0.2) is 0 Å². The molecule has 0 saturated heterocycles. The van der Waals surface area contributed by atoms with E-state index in [4.69, 9.17) is 5.11 Å². The van der Waals surface area contributed by atoms with Gasteiger partial charge in [-0.05, 0) is 12.0 Å². The van der Waals surface area contributed by atoms with Crippen molar-refractivity contribution < 1.29 is 14.7 Å². The van der Waals surface area contributed by atoms with E-state index in [1.165, 1.54) is 0 Å². The Morgan fingerprint density at radius 2 is 2.38 bits per heavy atom. The molecule has 0 saturated carbocycles. The van der Waals surface area contributed by atoms with E-state index in [1.807, 2.05) is 0 Å². The van der Waals surface area contributed by atoms with Gasteiger partial charge in [-0.25, -0.2) is 5.43 Å². The first-order valence-electron chi connectivity index (χ1n) is 4.72. The molecule has 3 N–H and O–H groups in total. The van der Waals surface area contributed by atoms with Gasteiger partial charge in [0.05, 0.1) is 24.2 Å². The fourth-order valence-electron chi connectivity index (χ4n) is 1.59. The fraction of sp³-hybridized carbons (Fsp3) is 0.333. The van der Waals surface area contributed by atoms with Crippen LogP contribution in [0.5, 0.6) is 0 Å². The molecule has 7 nitrogen and oxygen atoms in total. The molecule has 1 aliphatic rings. The van der Waals surface area contributed by atoms with Crippen molar-refractivity contribution in [3.63, 3.8) is 0 Å². The summed E-state index contributed by atoms with van der Waals surface area (Å²) < 4.78 is 0. The van der Waals surface area contributed by atoms with Gasteiger partial charge in [0.25, 0.3) is 0 Å². The summed E-state index contributed by atoms with van der Waals surface area (Å²) in [5.41, 5.74) is 3.50. The predicted octanol–water partition coefficient (Wildman–Crippen LogP) is -0.471. The quantitative estimate of drug-likeness (QED) is 0.639. The molecule has 0 radical (unpaired) electrons. The predicted molar refractivity (Wildman–Crippen MR) is 53.6 cm³/mol. The van der Waals surface area contributed by atoms with Crippen LogP contribution in [0.25, 0.3) is 0 Å². The Labute approximate surface area is 90.5 Å². The first kappa shape index (κ1) is 10.3. The molecule has 1 amide bonds. The van der Waals surface area contributed by atoms with Crippen LogP contribution in [0.2, 0.25) is 0 Å². The number of hydrogen-bond acceptors (Lipinski definition) is 4. The lowest BCUT2D eigenvalue weighted by Crippen LogP contribution is -2.26. The van der Waals surface area contributed by atoms with Crippen LogP contribution in [0.3, 0.4) is 0 Å². The Morgan fingerprint density at radius 3 is 3.00 bits per heavy atom. The molecule has 1 atom stereocenters. The highest BCUT2D eigenvalue weighted by molar-refractivity contribution is 6.13. The minimum atomic E-state index is -0.993. The van der Waals surface area contributed by atoms with Crippen LogP contribution in [0, 0.1) is 5.92 Å². The molecule has 0 bridgehead atoms. The summed E-state index contributed by atoms with van der Waals surface area (Å²) in [6.07, 6.45) is 3.46. The number of hydrogen-bond donors (Lipinski definition) is 3. The topological polar surface area (TPSA) is 107 Å². The third-order valence-electron chi connectivity index (χ3n) is 2.36. The van der Waals surface area contributed by atoms with Crippen LogP contribution < -0.4 is 5.43 Å². The molecule has 0 fully saturated rings. The first-order chi connectivity index (χ1) is 7.66. The van der Waals surface area contributed by atoms with Crippen LogP contribution >= 0.6 is 0 Å². The van der Waals surface area contributed by atoms with Gasteiger partial charge in [0.1, 0.15) is 0 Å². The Hall–Kier alpha value is -2.18. The average Bonchev–Trinajstić information content (AvgIpc) is 2.82. The second-order valence-corrected chi connectivity index (χ2v) is 3.51. The maximum atomic E-state index is 11.4. The normalized spacial score (nSPS) is 19.4. The van der Waals surface area contributed by atoms with E-state index < -0.39 is 11.9 Å². The Balaban J connectivity index is 2.09. The van der Waals surface area contributed by atoms with Crippen LogP contribution in [0.4, 0.5) is 0 Å². The van der Waals surface area contributed by atoms with Gasteiger partial charge in [-0.15, -0.1) is 0 Å². The summed E-state index contributed by atoms with van der Waals surface area (Å²) >= 11 is 0. The molecular formula is C9H10N4O3. The Bertz CT molecular complexity index is 438. The minimum Gasteiger partial charge on any atom is -0.481 e. The number of rotatable bonds is 4. The third kappa shape index (κ3) is 2.08. The molecule has 1 aliphatic heterocycles. The molecule has 2 rings (SSSR count). The van der Waals surface area contributed by atoms with Gasteiger partial charge in [-0.1, -0.05) is 0 Å². The van der Waals surface area contributed by atoms with E-state index >= 15 is 0 Å². The number of carbonyl (C=O) groups is 2. The van der Waals surface area contributed by atoms with Crippen LogP contribution in [-0.4, -0.2) is 32.9 Å². The smallest absolute Gasteiger partial charge is 0.309 e. The zero-order chi connectivity index (χ0) is 11.5. The second kappa shape index (κ2) is 4.13. The maximum Gasteiger partial charge on any atom is 0.309 e. The average molecular weight is 222 g/mol. The lowest BCUT2D eigenvalue weighted by molar-refractivity contribution is -0.135. The van der Waals surface area contributed by atoms with E-state index in [9.17, 15) is 9.59 Å². The van der Waals surface area contributed by atoms with Crippen molar-refractivity contribution in [3.05, 3.63) is 18.0 Å². The molecule has 1 aromatic heterocycles. The highest BCUT2D eigenvalue weighted by Crippen LogP contribution is 2.15. The van der Waals surface area contributed by atoms with Crippen molar-refractivity contribution in [1.82, 2.24) is 15.6 Å². The van der Waals surface area contributed by atoms with Gasteiger partial charge >= 0.3 is 5.97 Å². The van der Waals surface area contributed by atoms with Gasteiger partial charge < -0.3 is 5.11 Å². The van der Waals surface area contributed by atoms with E-state index in [0.29, 0.717) is 12.1 Å². The van der Waals surface area contributed by atoms with Crippen molar-refractivity contribution in [1.29, 1.82) is 0 Å². The van der Waals surface area contributed by atoms with E-state index in [-0.39, 0.29) is 12.3 Å². The monoisotopic (exact) mass is 222 g/mol. The van der Waals surface area contributed by atoms with Crippen molar-refractivity contribution in [2.45, 2.75) is 12.8 Å². The molecule has 84 valence electrons. The molecule has 0 spiro atoms. The number of nitrogens with one attached hydrogen (secondary N) is 2. The van der Waals surface area contributed by atoms with Gasteiger partial charge in [0, 0.05) is 6.20 Å². The lowest BCUT2D eigenvalue weighted by Gasteiger charge is -2.06. The largest absolute Gasteiger partial charge is 0.481 e. The van der Waals surface area contributed by atoms with Gasteiger partial charge in [-0.3, -0.25) is 14.7 Å². The highest BCUT2D eigenvalue weighted by atomic mass is 16.4. The number of aliphatic carboxylic acids is 1. The van der Waals surface area contributed by atoms with Crippen molar-refractivity contribution >= 4 is 17.6 Å². The number of hydrazone groups is 1. The summed E-state index contributed by atoms with van der Waals surface area (Å²) in [5, 5.41) is 18.8. The summed E-state index contributed by atoms with van der Waals surface area (Å²) in [4.78, 5) is 22.0. The van der Waals surface area contributed by atoms with Crippen molar-refractivity contribution in [2.75, 3.05) is 0 Å². The zero-order valence-electron chi connectivity index (χ0n) is 8.30. The summed E-state index contributed by atoms with van der Waals surface area (Å²) in [6.45, 7) is 0. The Morgan fingerprint density at radius 1 is 1.56 bits per heavy atom. The number of amides is 1. The van der Waals surface area contributed by atoms with Crippen molar-refractivity contribution in [3.8, 4) is 0 Å². The molecule has 1 aromatic rings. The number of aromatic nitrogens is 2. The second-order valence-electron chi connectivity index (χ2n) is 3.51. The summed E-state index contributed by atoms with van der Waals surface area (Å²) in [5.74, 6) is -1.77. The summed E-state index contributed by atoms with van der Waals surface area (Å²) in [6, 6.07) is 0. The molecule has 16 heavy (non-hydrogen) atoms. The number of nitrogens with zero attached hydrogens (tertiary/aromatic N) is 2. The maximum absolute atomic E-state index is 11.4. The first-order valence-corrected chi connectivity index (χ1v) is 4.72. The Kier molecular flexibility index (Phi) is 2.67. The number of H-pyrrole nitrogens is 1. The minimum absolute atomic E-state index is 0.221. The molecule has 7 heteroatoms. The van der Waals surface area contributed by atoms with Crippen LogP contribution in [-0.2, 0) is 16.0 Å². The van der Waals surface area contributed by atoms with Crippen LogP contribution in [0.1, 0.15) is 12.0 Å². The molecule has 0 aromatic carbocycles. The van der Waals surface area contributed by atoms with Gasteiger partial charge in [0.2, 0.25) is 5.91 Å². The van der Waals surface area contributed by atoms with E-state index in [1.54, 1.807) is 12.4 Å². The van der Waals surface area contributed by atoms with E-state index in [0.717, 1.165) is 5.56 Å². The number of carboxylic acids is 1. The van der Waals surface area contributed by atoms with E-state index in [2.05, 4.69) is 20.7 Å². The molecule has 2 heterocycles. The van der Waals surface area contributed by atoms with Gasteiger partial charge in [-0.2, -0.15) is 10.2 Å². The van der Waals surface area contributed by atoms with Crippen LogP contribution in [0.15, 0.2) is 17.5 Å². The zero-order valence-corrected chi connectivity index (χ0v) is 8.30. The molecule has 0 aliphatic carbocycles. The number of aromatic amines is 1. The molecular weight excluding hydrogens is 212 g/mol. The fourth-order valence-corrected chi connectivity index (χ4v) is 1.59. The summed E-state index contributed by atoms with van der Waals surface area (Å²) in [7, 11) is 0. The third-order valence-corrected chi connectivity index (χ3v) is 2.36. The SMILES string of the molecule is O=C(O)CC1=NNC(=O)C1Cc1cn[nH]c1. The molecule has 1 unspecified atom stereocenters. The number of carbonyl (C=O) groups excluding carboxylic acids is 1. The standard InChI is InChI=1S/C9H10N4O3/c14-8(15)2-7-6(9(16)13-12-7)1-5-3-10-11-4-5/h3-4,6H,1-2H2,(H,10,11)(H,13,16)(H,14,15). The lowest BCUT2D eigenvalue weighted by atomic mass is 9.94. The number of carboxylic acid groups (broad SMARTS) is 1. The van der Waals surface area contributed by atoms with Crippen molar-refractivity contribution in [2.24, 2.45) is 11.0 Å².